The Hall–Kier alpha value is -3.67. The van der Waals surface area contributed by atoms with Gasteiger partial charge >= 0.3 is 6.18 Å². The molecule has 0 atom stereocenters. The van der Waals surface area contributed by atoms with Crippen LogP contribution in [0.1, 0.15) is 16.1 Å². The third kappa shape index (κ3) is 5.69. The number of aromatic nitrogens is 3. The average Bonchev–Trinajstić information content (AvgIpc) is 3.03. The zero-order valence-corrected chi connectivity index (χ0v) is 16.3. The van der Waals surface area contributed by atoms with Gasteiger partial charge in [0.2, 0.25) is 11.8 Å². The molecule has 0 saturated heterocycles. The Morgan fingerprint density at radius 2 is 1.97 bits per heavy atom. The summed E-state index contributed by atoms with van der Waals surface area (Å²) in [5.74, 6) is -2.75. The summed E-state index contributed by atoms with van der Waals surface area (Å²) >= 11 is 5.80. The Morgan fingerprint density at radius 3 is 2.61 bits per heavy atom. The van der Waals surface area contributed by atoms with Gasteiger partial charge in [0, 0.05) is 30.0 Å². The molecular formula is C18H13ClF4N6O2. The number of alkyl halides is 3. The van der Waals surface area contributed by atoms with Gasteiger partial charge in [-0.2, -0.15) is 28.2 Å². The molecule has 0 fully saturated rings. The van der Waals surface area contributed by atoms with Crippen LogP contribution in [0, 0.1) is 5.82 Å². The lowest BCUT2D eigenvalue weighted by atomic mass is 10.2. The molecule has 13 heteroatoms. The minimum atomic E-state index is -4.88. The molecule has 0 unspecified atom stereocenters. The second-order valence-corrected chi connectivity index (χ2v) is 6.55. The number of anilines is 2. The van der Waals surface area contributed by atoms with Gasteiger partial charge in [0.15, 0.2) is 5.69 Å². The molecule has 3 rings (SSSR count). The maximum atomic E-state index is 13.6. The predicted molar refractivity (Wildman–Crippen MR) is 105 cm³/mol. The number of hydrogen-bond donors (Lipinski definition) is 3. The van der Waals surface area contributed by atoms with Gasteiger partial charge in [-0.15, -0.1) is 0 Å². The minimum absolute atomic E-state index is 0.00350. The van der Waals surface area contributed by atoms with E-state index in [9.17, 15) is 27.5 Å². The van der Waals surface area contributed by atoms with E-state index in [-0.39, 0.29) is 22.4 Å². The van der Waals surface area contributed by atoms with Crippen LogP contribution in [0.2, 0.25) is 5.02 Å². The second kappa shape index (κ2) is 8.60. The highest BCUT2D eigenvalue weighted by Gasteiger charge is 2.39. The third-order valence-corrected chi connectivity index (χ3v) is 3.87. The van der Waals surface area contributed by atoms with Gasteiger partial charge in [-0.1, -0.05) is 17.7 Å². The molecule has 1 amide bonds. The van der Waals surface area contributed by atoms with Gasteiger partial charge in [0.1, 0.15) is 11.6 Å². The summed E-state index contributed by atoms with van der Waals surface area (Å²) in [7, 11) is 1.22. The number of aromatic hydroxyl groups is 1. The maximum Gasteiger partial charge on any atom is 0.435 e. The average molecular weight is 457 g/mol. The van der Waals surface area contributed by atoms with E-state index in [1.165, 1.54) is 31.3 Å². The Labute approximate surface area is 177 Å². The zero-order valence-electron chi connectivity index (χ0n) is 15.6. The van der Waals surface area contributed by atoms with Crippen LogP contribution < -0.4 is 10.6 Å². The lowest BCUT2D eigenvalue weighted by Crippen LogP contribution is -2.24. The molecule has 2 heterocycles. The highest BCUT2D eigenvalue weighted by atomic mass is 35.5. The molecule has 0 aliphatic rings. The fraction of sp³-hybridized carbons (Fsp3) is 0.111. The van der Waals surface area contributed by atoms with Gasteiger partial charge in [0.05, 0.1) is 5.56 Å². The van der Waals surface area contributed by atoms with Crippen molar-refractivity contribution in [1.82, 2.24) is 14.8 Å². The molecule has 1 aromatic carbocycles. The number of hydrogen-bond acceptors (Lipinski definition) is 4. The summed E-state index contributed by atoms with van der Waals surface area (Å²) in [6.07, 6.45) is -4.01. The van der Waals surface area contributed by atoms with Crippen LogP contribution in [0.5, 0.6) is 5.88 Å². The highest BCUT2D eigenvalue weighted by Crippen LogP contribution is 2.31. The van der Waals surface area contributed by atoms with Crippen molar-refractivity contribution in [2.45, 2.75) is 6.18 Å². The molecule has 31 heavy (non-hydrogen) atoms. The second-order valence-electron chi connectivity index (χ2n) is 6.12. The number of carbonyl (C=O) groups is 1. The largest absolute Gasteiger partial charge is 0.493 e. The number of amides is 1. The van der Waals surface area contributed by atoms with Gasteiger partial charge in [-0.05, 0) is 24.3 Å². The summed E-state index contributed by atoms with van der Waals surface area (Å²) < 4.78 is 54.0. The summed E-state index contributed by atoms with van der Waals surface area (Å²) in [5, 5.41) is 17.9. The van der Waals surface area contributed by atoms with E-state index in [2.05, 4.69) is 25.7 Å². The van der Waals surface area contributed by atoms with Crippen LogP contribution in [0.15, 0.2) is 47.6 Å². The number of halogens is 5. The van der Waals surface area contributed by atoms with Crippen molar-refractivity contribution in [2.24, 2.45) is 12.0 Å². The van der Waals surface area contributed by atoms with Crippen molar-refractivity contribution in [3.8, 4) is 5.88 Å². The molecule has 0 spiro atoms. The van der Waals surface area contributed by atoms with Crippen molar-refractivity contribution < 1.29 is 27.5 Å². The Balaban J connectivity index is 2.00. The van der Waals surface area contributed by atoms with Crippen molar-refractivity contribution >= 4 is 35.0 Å². The van der Waals surface area contributed by atoms with Gasteiger partial charge in [-0.25, -0.2) is 4.39 Å². The minimum Gasteiger partial charge on any atom is -0.493 e. The molecule has 0 radical (unpaired) electrons. The zero-order chi connectivity index (χ0) is 22.8. The number of nitrogens with zero attached hydrogens (tertiary/aromatic N) is 4. The summed E-state index contributed by atoms with van der Waals surface area (Å²) in [6.45, 7) is 0. The van der Waals surface area contributed by atoms with Crippen LogP contribution >= 0.6 is 11.6 Å². The first-order valence-electron chi connectivity index (χ1n) is 8.41. The van der Waals surface area contributed by atoms with Gasteiger partial charge in [-0.3, -0.25) is 9.48 Å². The molecular weight excluding hydrogens is 444 g/mol. The van der Waals surface area contributed by atoms with Crippen molar-refractivity contribution in [2.75, 3.05) is 10.6 Å². The van der Waals surface area contributed by atoms with E-state index in [1.54, 1.807) is 0 Å². The number of benzene rings is 1. The van der Waals surface area contributed by atoms with E-state index in [0.717, 1.165) is 23.0 Å². The molecule has 0 aliphatic heterocycles. The van der Waals surface area contributed by atoms with Crippen molar-refractivity contribution in [3.05, 3.63) is 64.7 Å². The summed E-state index contributed by atoms with van der Waals surface area (Å²) in [4.78, 5) is 19.9. The van der Waals surface area contributed by atoms with Crippen molar-refractivity contribution in [3.63, 3.8) is 0 Å². The first-order chi connectivity index (χ1) is 14.5. The Kier molecular flexibility index (Phi) is 6.11. The van der Waals surface area contributed by atoms with Crippen molar-refractivity contribution in [1.29, 1.82) is 0 Å². The number of nitrogens with one attached hydrogen (secondary N) is 2. The van der Waals surface area contributed by atoms with E-state index in [0.29, 0.717) is 0 Å². The van der Waals surface area contributed by atoms with E-state index >= 15 is 0 Å². The Morgan fingerprint density at radius 1 is 1.23 bits per heavy atom. The van der Waals surface area contributed by atoms with Crippen LogP contribution in [-0.2, 0) is 13.2 Å². The maximum absolute atomic E-state index is 13.6. The van der Waals surface area contributed by atoms with Gasteiger partial charge in [0.25, 0.3) is 5.91 Å². The van der Waals surface area contributed by atoms with Crippen LogP contribution in [0.3, 0.4) is 0 Å². The molecule has 3 N–H and O–H groups in total. The predicted octanol–water partition coefficient (Wildman–Crippen LogP) is 4.05. The third-order valence-electron chi connectivity index (χ3n) is 3.65. The van der Waals surface area contributed by atoms with E-state index in [1.807, 2.05) is 0 Å². The van der Waals surface area contributed by atoms with Crippen LogP contribution in [0.4, 0.5) is 29.1 Å². The van der Waals surface area contributed by atoms with Gasteiger partial charge < -0.3 is 15.7 Å². The number of carbonyl (C=O) groups excluding carboxylic acids is 1. The highest BCUT2D eigenvalue weighted by molar-refractivity contribution is 6.31. The molecule has 0 saturated carbocycles. The SMILES string of the molecule is Cn1cc(C(=O)/N=C(/Nc2cc(F)cc(Cl)c2)Nc2cccc(O)n2)c(C(F)(F)F)n1. The quantitative estimate of drug-likeness (QED) is 0.312. The summed E-state index contributed by atoms with van der Waals surface area (Å²) in [5.41, 5.74) is -2.16. The Bertz CT molecular complexity index is 1140. The number of pyridine rings is 1. The molecule has 0 aliphatic carbocycles. The fourth-order valence-electron chi connectivity index (χ4n) is 2.48. The molecule has 0 bridgehead atoms. The molecule has 2 aromatic heterocycles. The summed E-state index contributed by atoms with van der Waals surface area (Å²) in [6, 6.07) is 7.45. The lowest BCUT2D eigenvalue weighted by Gasteiger charge is -2.12. The number of aliphatic imine (C=N–C) groups is 1. The van der Waals surface area contributed by atoms with Crippen LogP contribution in [-0.4, -0.2) is 31.7 Å². The first-order valence-corrected chi connectivity index (χ1v) is 8.79. The normalized spacial score (nSPS) is 12.0. The standard InChI is InChI=1S/C18H13ClF4N6O2/c1-29-8-12(15(28-29)18(21,22)23)16(31)27-17(26-13-3-2-4-14(30)25-13)24-11-6-9(19)5-10(20)7-11/h2-8H,1H3,(H3,24,25,26,27,30,31). The first kappa shape index (κ1) is 22.0. The molecule has 8 nitrogen and oxygen atoms in total. The number of aryl methyl sites for hydroxylation is 1. The number of guanidine groups is 1. The fourth-order valence-corrected chi connectivity index (χ4v) is 2.70. The molecule has 3 aromatic rings. The topological polar surface area (TPSA) is 104 Å². The molecule has 162 valence electrons. The van der Waals surface area contributed by atoms with E-state index < -0.39 is 35.1 Å². The van der Waals surface area contributed by atoms with Crippen LogP contribution in [0.25, 0.3) is 0 Å². The smallest absolute Gasteiger partial charge is 0.435 e. The lowest BCUT2D eigenvalue weighted by molar-refractivity contribution is -0.141. The number of rotatable bonds is 3. The van der Waals surface area contributed by atoms with E-state index in [4.69, 9.17) is 11.6 Å². The monoisotopic (exact) mass is 456 g/mol.